The molecule has 0 saturated heterocycles. The summed E-state index contributed by atoms with van der Waals surface area (Å²) in [6, 6.07) is 15.2. The van der Waals surface area contributed by atoms with Crippen LogP contribution in [0.3, 0.4) is 0 Å². The quantitative estimate of drug-likeness (QED) is 0.705. The monoisotopic (exact) mass is 350 g/mol. The van der Waals surface area contributed by atoms with E-state index in [2.05, 4.69) is 19.2 Å². The third-order valence-electron chi connectivity index (χ3n) is 4.31. The molecule has 0 aliphatic rings. The van der Waals surface area contributed by atoms with Gasteiger partial charge < -0.3 is 14.6 Å². The van der Waals surface area contributed by atoms with E-state index in [1.165, 1.54) is 5.56 Å². The van der Waals surface area contributed by atoms with Crippen LogP contribution in [0.1, 0.15) is 35.7 Å². The Balaban J connectivity index is 1.61. The molecule has 0 spiro atoms. The number of fused-ring (bicyclic) bond motifs is 1. The van der Waals surface area contributed by atoms with E-state index < -0.39 is 5.97 Å². The molecular weight excluding hydrogens is 328 g/mol. The van der Waals surface area contributed by atoms with E-state index in [-0.39, 0.29) is 12.5 Å². The second-order valence-electron chi connectivity index (χ2n) is 6.57. The van der Waals surface area contributed by atoms with Gasteiger partial charge in [-0.05, 0) is 29.7 Å². The summed E-state index contributed by atoms with van der Waals surface area (Å²) in [5.74, 6) is -0.440. The molecule has 0 bridgehead atoms. The molecule has 1 N–H and O–H groups in total. The van der Waals surface area contributed by atoms with E-state index in [1.54, 1.807) is 6.20 Å². The Bertz CT molecular complexity index is 940. The van der Waals surface area contributed by atoms with Crippen LogP contribution in [0.4, 0.5) is 5.69 Å². The number of nitrogens with one attached hydrogen (secondary N) is 1. The van der Waals surface area contributed by atoms with Crippen LogP contribution < -0.4 is 5.32 Å². The summed E-state index contributed by atoms with van der Waals surface area (Å²) in [5.41, 5.74) is 3.28. The summed E-state index contributed by atoms with van der Waals surface area (Å²) in [7, 11) is 1.87. The minimum atomic E-state index is -0.507. The molecule has 0 aliphatic carbocycles. The van der Waals surface area contributed by atoms with Crippen LogP contribution in [-0.2, 0) is 16.6 Å². The van der Waals surface area contributed by atoms with Gasteiger partial charge in [-0.1, -0.05) is 44.2 Å². The lowest BCUT2D eigenvalue weighted by Crippen LogP contribution is -2.20. The first kappa shape index (κ1) is 17.7. The SMILES string of the molecule is CC(C)c1ccc(NC(=O)COC(=O)c2cn(C)c3ccccc23)cc1. The van der Waals surface area contributed by atoms with Crippen LogP contribution >= 0.6 is 0 Å². The molecule has 1 heterocycles. The molecule has 3 rings (SSSR count). The lowest BCUT2D eigenvalue weighted by Gasteiger charge is -2.09. The van der Waals surface area contributed by atoms with Gasteiger partial charge in [0.15, 0.2) is 6.61 Å². The molecule has 0 saturated carbocycles. The highest BCUT2D eigenvalue weighted by atomic mass is 16.5. The minimum Gasteiger partial charge on any atom is -0.452 e. The molecule has 26 heavy (non-hydrogen) atoms. The maximum Gasteiger partial charge on any atom is 0.340 e. The molecule has 5 nitrogen and oxygen atoms in total. The Kier molecular flexibility index (Phi) is 5.07. The van der Waals surface area contributed by atoms with E-state index in [0.29, 0.717) is 17.2 Å². The zero-order valence-electron chi connectivity index (χ0n) is 15.2. The van der Waals surface area contributed by atoms with Crippen molar-refractivity contribution in [3.05, 3.63) is 65.9 Å². The number of hydrogen-bond acceptors (Lipinski definition) is 3. The molecule has 0 aliphatic heterocycles. The average Bonchev–Trinajstić information content (AvgIpc) is 2.97. The van der Waals surface area contributed by atoms with Crippen LogP contribution in [-0.4, -0.2) is 23.1 Å². The maximum absolute atomic E-state index is 12.3. The predicted octanol–water partition coefficient (Wildman–Crippen LogP) is 4.10. The Labute approximate surface area is 152 Å². The van der Waals surface area contributed by atoms with Crippen molar-refractivity contribution in [2.45, 2.75) is 19.8 Å². The van der Waals surface area contributed by atoms with Gasteiger partial charge in [0, 0.05) is 29.8 Å². The lowest BCUT2D eigenvalue weighted by molar-refractivity contribution is -0.119. The third kappa shape index (κ3) is 3.77. The number of aryl methyl sites for hydroxylation is 1. The number of anilines is 1. The molecule has 134 valence electrons. The van der Waals surface area contributed by atoms with Crippen LogP contribution in [0.5, 0.6) is 0 Å². The van der Waals surface area contributed by atoms with E-state index in [0.717, 1.165) is 10.9 Å². The van der Waals surface area contributed by atoms with Gasteiger partial charge in [0.05, 0.1) is 5.56 Å². The molecule has 1 aromatic heterocycles. The van der Waals surface area contributed by atoms with Gasteiger partial charge in [0.25, 0.3) is 5.91 Å². The topological polar surface area (TPSA) is 60.3 Å². The molecule has 2 aromatic carbocycles. The summed E-state index contributed by atoms with van der Waals surface area (Å²) in [4.78, 5) is 24.4. The normalized spacial score (nSPS) is 10.9. The standard InChI is InChI=1S/C21H22N2O3/c1-14(2)15-8-10-16(11-9-15)22-20(24)13-26-21(25)18-12-23(3)19-7-5-4-6-17(18)19/h4-12,14H,13H2,1-3H3,(H,22,24). The van der Waals surface area contributed by atoms with E-state index >= 15 is 0 Å². The largest absolute Gasteiger partial charge is 0.452 e. The Hall–Kier alpha value is -3.08. The van der Waals surface area contributed by atoms with Crippen molar-refractivity contribution in [3.8, 4) is 0 Å². The number of amides is 1. The minimum absolute atomic E-state index is 0.325. The van der Waals surface area contributed by atoms with Crippen molar-refractivity contribution in [1.29, 1.82) is 0 Å². The van der Waals surface area contributed by atoms with Gasteiger partial charge >= 0.3 is 5.97 Å². The van der Waals surface area contributed by atoms with Gasteiger partial charge in [-0.25, -0.2) is 4.79 Å². The zero-order valence-corrected chi connectivity index (χ0v) is 15.2. The second kappa shape index (κ2) is 7.44. The van der Waals surface area contributed by atoms with Crippen molar-refractivity contribution in [1.82, 2.24) is 4.57 Å². The van der Waals surface area contributed by atoms with Gasteiger partial charge in [-0.15, -0.1) is 0 Å². The van der Waals surface area contributed by atoms with Crippen LogP contribution in [0, 0.1) is 0 Å². The van der Waals surface area contributed by atoms with Gasteiger partial charge in [-0.3, -0.25) is 4.79 Å². The number of carbonyl (C=O) groups is 2. The number of hydrogen-bond donors (Lipinski definition) is 1. The predicted molar refractivity (Wildman–Crippen MR) is 102 cm³/mol. The first-order chi connectivity index (χ1) is 12.5. The highest BCUT2D eigenvalue weighted by Gasteiger charge is 2.16. The zero-order chi connectivity index (χ0) is 18.7. The molecule has 5 heteroatoms. The fraction of sp³-hybridized carbons (Fsp3) is 0.238. The van der Waals surface area contributed by atoms with Crippen LogP contribution in [0.15, 0.2) is 54.7 Å². The summed E-state index contributed by atoms with van der Waals surface area (Å²) in [5, 5.41) is 3.55. The summed E-state index contributed by atoms with van der Waals surface area (Å²) >= 11 is 0. The van der Waals surface area contributed by atoms with Crippen molar-refractivity contribution >= 4 is 28.5 Å². The fourth-order valence-electron chi connectivity index (χ4n) is 2.86. The number of nitrogens with zero attached hydrogens (tertiary/aromatic N) is 1. The van der Waals surface area contributed by atoms with Crippen LogP contribution in [0.2, 0.25) is 0 Å². The first-order valence-electron chi connectivity index (χ1n) is 8.56. The Morgan fingerprint density at radius 3 is 2.46 bits per heavy atom. The van der Waals surface area contributed by atoms with Crippen molar-refractivity contribution in [2.24, 2.45) is 7.05 Å². The summed E-state index contributed by atoms with van der Waals surface area (Å²) < 4.78 is 7.04. The Morgan fingerprint density at radius 2 is 1.77 bits per heavy atom. The van der Waals surface area contributed by atoms with Gasteiger partial charge in [0.2, 0.25) is 0 Å². The van der Waals surface area contributed by atoms with Gasteiger partial charge in [0.1, 0.15) is 0 Å². The summed E-state index contributed by atoms with van der Waals surface area (Å²) in [6.07, 6.45) is 1.72. The van der Waals surface area contributed by atoms with E-state index in [9.17, 15) is 9.59 Å². The molecule has 1 amide bonds. The summed E-state index contributed by atoms with van der Waals surface area (Å²) in [6.45, 7) is 3.90. The Morgan fingerprint density at radius 1 is 1.08 bits per heavy atom. The number of rotatable bonds is 5. The highest BCUT2D eigenvalue weighted by molar-refractivity contribution is 6.05. The molecule has 0 radical (unpaired) electrons. The fourth-order valence-corrected chi connectivity index (χ4v) is 2.86. The number of ether oxygens (including phenoxy) is 1. The number of para-hydroxylation sites is 1. The second-order valence-corrected chi connectivity index (χ2v) is 6.57. The number of aromatic nitrogens is 1. The average molecular weight is 350 g/mol. The smallest absolute Gasteiger partial charge is 0.340 e. The van der Waals surface area contributed by atoms with Gasteiger partial charge in [-0.2, -0.15) is 0 Å². The molecular formula is C21H22N2O3. The van der Waals surface area contributed by atoms with Crippen LogP contribution in [0.25, 0.3) is 10.9 Å². The van der Waals surface area contributed by atoms with E-state index in [1.807, 2.05) is 60.1 Å². The highest BCUT2D eigenvalue weighted by Crippen LogP contribution is 2.21. The molecule has 0 unspecified atom stereocenters. The number of esters is 1. The van der Waals surface area contributed by atoms with Crippen molar-refractivity contribution in [2.75, 3.05) is 11.9 Å². The molecule has 0 atom stereocenters. The number of benzene rings is 2. The van der Waals surface area contributed by atoms with Crippen molar-refractivity contribution in [3.63, 3.8) is 0 Å². The molecule has 3 aromatic rings. The number of carbonyl (C=O) groups excluding carboxylic acids is 2. The maximum atomic E-state index is 12.3. The van der Waals surface area contributed by atoms with Crippen molar-refractivity contribution < 1.29 is 14.3 Å². The molecule has 0 fully saturated rings. The van der Waals surface area contributed by atoms with E-state index in [4.69, 9.17) is 4.74 Å². The first-order valence-corrected chi connectivity index (χ1v) is 8.56. The lowest BCUT2D eigenvalue weighted by atomic mass is 10.0. The third-order valence-corrected chi connectivity index (χ3v) is 4.31.